The molecule has 2 N–H and O–H groups in total. The lowest BCUT2D eigenvalue weighted by atomic mass is 10.2. The Kier molecular flexibility index (Phi) is 13.3. The first-order valence-corrected chi connectivity index (χ1v) is 7.97. The van der Waals surface area contributed by atoms with E-state index < -0.39 is 0 Å². The number of aliphatic imine (C=N–C) groups is 1. The van der Waals surface area contributed by atoms with Gasteiger partial charge in [0, 0.05) is 40.3 Å². The van der Waals surface area contributed by atoms with E-state index in [1.165, 1.54) is 0 Å². The van der Waals surface area contributed by atoms with E-state index in [2.05, 4.69) is 27.6 Å². The van der Waals surface area contributed by atoms with Gasteiger partial charge in [0.1, 0.15) is 0 Å². The number of rotatable bonds is 10. The van der Waals surface area contributed by atoms with Gasteiger partial charge in [0.25, 0.3) is 0 Å². The highest BCUT2D eigenvalue weighted by Gasteiger charge is 2.05. The van der Waals surface area contributed by atoms with Gasteiger partial charge in [-0.3, -0.25) is 4.99 Å². The molecule has 8 heteroatoms. The summed E-state index contributed by atoms with van der Waals surface area (Å²) in [5.74, 6) is 2.22. The Hall–Kier alpha value is -1.26. The van der Waals surface area contributed by atoms with Crippen LogP contribution in [0.15, 0.2) is 23.2 Å². The van der Waals surface area contributed by atoms with E-state index in [9.17, 15) is 0 Å². The highest BCUT2D eigenvalue weighted by Crippen LogP contribution is 2.27. The molecule has 1 rings (SSSR count). The maximum Gasteiger partial charge on any atom is 0.191 e. The molecule has 0 saturated heterocycles. The molecule has 0 spiro atoms. The molecule has 0 fully saturated rings. The van der Waals surface area contributed by atoms with Crippen LogP contribution in [-0.2, 0) is 11.3 Å². The number of nitrogens with zero attached hydrogens (tertiary/aromatic N) is 2. The van der Waals surface area contributed by atoms with Crippen LogP contribution in [0, 0.1) is 0 Å². The van der Waals surface area contributed by atoms with E-state index in [1.807, 2.05) is 18.2 Å². The van der Waals surface area contributed by atoms with Crippen molar-refractivity contribution in [3.05, 3.63) is 23.8 Å². The highest BCUT2D eigenvalue weighted by atomic mass is 127. The Bertz CT molecular complexity index is 515. The molecule has 0 atom stereocenters. The van der Waals surface area contributed by atoms with Gasteiger partial charge in [-0.15, -0.1) is 24.0 Å². The van der Waals surface area contributed by atoms with E-state index in [-0.39, 0.29) is 24.0 Å². The fourth-order valence-electron chi connectivity index (χ4n) is 2.12. The first-order valence-electron chi connectivity index (χ1n) is 7.97. The number of ether oxygens (including phenoxy) is 3. The van der Waals surface area contributed by atoms with Crippen LogP contribution >= 0.6 is 24.0 Å². The zero-order valence-corrected chi connectivity index (χ0v) is 18.1. The molecule has 144 valence electrons. The second-order valence-corrected chi connectivity index (χ2v) is 5.34. The van der Waals surface area contributed by atoms with Crippen molar-refractivity contribution in [2.24, 2.45) is 4.99 Å². The molecule has 0 aliphatic heterocycles. The Morgan fingerprint density at radius 1 is 1.08 bits per heavy atom. The molecule has 0 aliphatic rings. The number of nitrogens with one attached hydrogen (secondary N) is 2. The average molecular weight is 466 g/mol. The lowest BCUT2D eigenvalue weighted by Crippen LogP contribution is -2.41. The molecule has 0 bridgehead atoms. The normalized spacial score (nSPS) is 11.0. The predicted octanol–water partition coefficient (Wildman–Crippen LogP) is 1.56. The van der Waals surface area contributed by atoms with E-state index >= 15 is 0 Å². The molecule has 0 aromatic heterocycles. The molecule has 0 aliphatic carbocycles. The standard InChI is InChI=1S/C17H30N4O3.HI/c1-18-17(19-8-9-21(2)10-11-22-3)20-13-14-6-7-15(23-4)16(12-14)24-5;/h6-7,12H,8-11,13H2,1-5H3,(H2,18,19,20);1H. The molecular formula is C17H31IN4O3. The molecule has 1 aromatic carbocycles. The average Bonchev–Trinajstić information content (AvgIpc) is 2.62. The number of hydrogen-bond acceptors (Lipinski definition) is 5. The summed E-state index contributed by atoms with van der Waals surface area (Å²) in [6, 6.07) is 5.86. The van der Waals surface area contributed by atoms with Crippen molar-refractivity contribution in [3.63, 3.8) is 0 Å². The van der Waals surface area contributed by atoms with Gasteiger partial charge in [-0.05, 0) is 24.7 Å². The molecule has 7 nitrogen and oxygen atoms in total. The molecule has 0 radical (unpaired) electrons. The second-order valence-electron chi connectivity index (χ2n) is 5.34. The lowest BCUT2D eigenvalue weighted by molar-refractivity contribution is 0.162. The van der Waals surface area contributed by atoms with Gasteiger partial charge in [0.15, 0.2) is 17.5 Å². The maximum atomic E-state index is 5.32. The Morgan fingerprint density at radius 3 is 2.40 bits per heavy atom. The van der Waals surface area contributed by atoms with Gasteiger partial charge in [-0.2, -0.15) is 0 Å². The summed E-state index contributed by atoms with van der Waals surface area (Å²) in [5, 5.41) is 6.59. The van der Waals surface area contributed by atoms with Crippen molar-refractivity contribution in [1.82, 2.24) is 15.5 Å². The Labute approximate surface area is 168 Å². The number of guanidine groups is 1. The van der Waals surface area contributed by atoms with Crippen LogP contribution in [0.4, 0.5) is 0 Å². The van der Waals surface area contributed by atoms with Crippen molar-refractivity contribution in [2.75, 3.05) is 61.7 Å². The van der Waals surface area contributed by atoms with Crippen LogP contribution in [0.25, 0.3) is 0 Å². The molecule has 0 heterocycles. The number of methoxy groups -OCH3 is 3. The lowest BCUT2D eigenvalue weighted by Gasteiger charge is -2.18. The smallest absolute Gasteiger partial charge is 0.191 e. The maximum absolute atomic E-state index is 5.32. The summed E-state index contributed by atoms with van der Waals surface area (Å²) < 4.78 is 15.6. The largest absolute Gasteiger partial charge is 0.493 e. The summed E-state index contributed by atoms with van der Waals surface area (Å²) in [7, 11) is 8.81. The van der Waals surface area contributed by atoms with Crippen LogP contribution < -0.4 is 20.1 Å². The van der Waals surface area contributed by atoms with Crippen LogP contribution in [0.3, 0.4) is 0 Å². The summed E-state index contributed by atoms with van der Waals surface area (Å²) in [5.41, 5.74) is 1.09. The highest BCUT2D eigenvalue weighted by molar-refractivity contribution is 14.0. The number of likely N-dealkylation sites (N-methyl/N-ethyl adjacent to an activating group) is 1. The van der Waals surface area contributed by atoms with E-state index in [0.717, 1.165) is 49.3 Å². The summed E-state index contributed by atoms with van der Waals surface area (Å²) >= 11 is 0. The first kappa shape index (κ1) is 23.7. The van der Waals surface area contributed by atoms with E-state index in [4.69, 9.17) is 14.2 Å². The third-order valence-electron chi connectivity index (χ3n) is 3.59. The quantitative estimate of drug-likeness (QED) is 0.310. The van der Waals surface area contributed by atoms with Gasteiger partial charge in [0.05, 0.1) is 20.8 Å². The third-order valence-corrected chi connectivity index (χ3v) is 3.59. The zero-order chi connectivity index (χ0) is 17.8. The van der Waals surface area contributed by atoms with Crippen LogP contribution in [0.1, 0.15) is 5.56 Å². The molecule has 0 unspecified atom stereocenters. The molecular weight excluding hydrogens is 435 g/mol. The van der Waals surface area contributed by atoms with Crippen molar-refractivity contribution < 1.29 is 14.2 Å². The summed E-state index contributed by atoms with van der Waals surface area (Å²) in [4.78, 5) is 6.44. The van der Waals surface area contributed by atoms with Crippen molar-refractivity contribution >= 4 is 29.9 Å². The number of hydrogen-bond donors (Lipinski definition) is 2. The van der Waals surface area contributed by atoms with Gasteiger partial charge in [0.2, 0.25) is 0 Å². The van der Waals surface area contributed by atoms with Crippen LogP contribution in [-0.4, -0.2) is 72.5 Å². The van der Waals surface area contributed by atoms with E-state index in [0.29, 0.717) is 6.54 Å². The minimum atomic E-state index is 0. The van der Waals surface area contributed by atoms with Gasteiger partial charge in [-0.1, -0.05) is 6.07 Å². The summed E-state index contributed by atoms with van der Waals surface area (Å²) in [6.07, 6.45) is 0. The van der Waals surface area contributed by atoms with Gasteiger partial charge < -0.3 is 29.7 Å². The van der Waals surface area contributed by atoms with Gasteiger partial charge in [-0.25, -0.2) is 0 Å². The zero-order valence-electron chi connectivity index (χ0n) is 15.8. The topological polar surface area (TPSA) is 67.4 Å². The minimum Gasteiger partial charge on any atom is -0.493 e. The summed E-state index contributed by atoms with van der Waals surface area (Å²) in [6.45, 7) is 4.03. The molecule has 1 aromatic rings. The number of benzene rings is 1. The molecule has 0 saturated carbocycles. The second kappa shape index (κ2) is 14.0. The molecule has 25 heavy (non-hydrogen) atoms. The SMILES string of the molecule is CN=C(NCCN(C)CCOC)NCc1ccc(OC)c(OC)c1.I. The third kappa shape index (κ3) is 9.13. The van der Waals surface area contributed by atoms with Crippen molar-refractivity contribution in [2.45, 2.75) is 6.54 Å². The van der Waals surface area contributed by atoms with Crippen LogP contribution in [0.2, 0.25) is 0 Å². The Balaban J connectivity index is 0.00000576. The van der Waals surface area contributed by atoms with Crippen molar-refractivity contribution in [1.29, 1.82) is 0 Å². The number of halogens is 1. The van der Waals surface area contributed by atoms with Crippen LogP contribution in [0.5, 0.6) is 11.5 Å². The molecule has 0 amide bonds. The van der Waals surface area contributed by atoms with E-state index in [1.54, 1.807) is 28.4 Å². The fraction of sp³-hybridized carbons (Fsp3) is 0.588. The minimum absolute atomic E-state index is 0. The fourth-order valence-corrected chi connectivity index (χ4v) is 2.12. The van der Waals surface area contributed by atoms with Gasteiger partial charge >= 0.3 is 0 Å². The Morgan fingerprint density at radius 2 is 1.80 bits per heavy atom. The predicted molar refractivity (Wildman–Crippen MR) is 113 cm³/mol. The first-order chi connectivity index (χ1) is 11.6. The monoisotopic (exact) mass is 466 g/mol. The van der Waals surface area contributed by atoms with Crippen molar-refractivity contribution in [3.8, 4) is 11.5 Å².